The van der Waals surface area contributed by atoms with E-state index in [1.165, 1.54) is 16.4 Å². The van der Waals surface area contributed by atoms with Crippen molar-refractivity contribution in [3.8, 4) is 0 Å². The van der Waals surface area contributed by atoms with E-state index in [9.17, 15) is 12.8 Å². The van der Waals surface area contributed by atoms with Crippen molar-refractivity contribution in [2.45, 2.75) is 31.5 Å². The van der Waals surface area contributed by atoms with Crippen LogP contribution in [-0.4, -0.2) is 31.9 Å². The fourth-order valence-electron chi connectivity index (χ4n) is 2.62. The topological polar surface area (TPSA) is 46.6 Å². The van der Waals surface area contributed by atoms with E-state index in [2.05, 4.69) is 0 Å². The van der Waals surface area contributed by atoms with E-state index < -0.39 is 10.0 Å². The molecule has 6 heteroatoms. The van der Waals surface area contributed by atoms with Gasteiger partial charge in [-0.15, -0.1) is 0 Å². The van der Waals surface area contributed by atoms with Gasteiger partial charge < -0.3 is 4.74 Å². The van der Waals surface area contributed by atoms with Crippen LogP contribution in [0.5, 0.6) is 0 Å². The van der Waals surface area contributed by atoms with Gasteiger partial charge in [0.15, 0.2) is 0 Å². The van der Waals surface area contributed by atoms with Crippen molar-refractivity contribution in [2.24, 2.45) is 0 Å². The highest BCUT2D eigenvalue weighted by Crippen LogP contribution is 2.26. The number of rotatable bonds is 5. The standard InChI is InChI=1S/C18H20FNO3S/c1-13-3-4-14(2)18(9-13)24(21,22)20-10-17(11-20)23-12-15-5-7-16(19)8-6-15/h3-9,17H,10-12H2,1-2H3. The Kier molecular flexibility index (Phi) is 4.71. The fraction of sp³-hybridized carbons (Fsp3) is 0.333. The first kappa shape index (κ1) is 17.1. The lowest BCUT2D eigenvalue weighted by Crippen LogP contribution is -2.54. The minimum Gasteiger partial charge on any atom is -0.371 e. The number of sulfonamides is 1. The lowest BCUT2D eigenvalue weighted by atomic mass is 10.2. The summed E-state index contributed by atoms with van der Waals surface area (Å²) < 4.78 is 45.3. The number of benzene rings is 2. The van der Waals surface area contributed by atoms with Gasteiger partial charge in [-0.05, 0) is 48.7 Å². The van der Waals surface area contributed by atoms with E-state index in [-0.39, 0.29) is 11.9 Å². The van der Waals surface area contributed by atoms with Crippen LogP contribution < -0.4 is 0 Å². The van der Waals surface area contributed by atoms with Crippen molar-refractivity contribution >= 4 is 10.0 Å². The van der Waals surface area contributed by atoms with Gasteiger partial charge in [0.05, 0.1) is 17.6 Å². The molecule has 0 atom stereocenters. The minimum absolute atomic E-state index is 0.130. The van der Waals surface area contributed by atoms with E-state index in [1.54, 1.807) is 25.1 Å². The Balaban J connectivity index is 1.59. The highest BCUT2D eigenvalue weighted by Gasteiger charge is 2.38. The summed E-state index contributed by atoms with van der Waals surface area (Å²) in [6.07, 6.45) is -0.130. The second-order valence-corrected chi connectivity index (χ2v) is 8.06. The number of aryl methyl sites for hydroxylation is 2. The Hall–Kier alpha value is -1.76. The van der Waals surface area contributed by atoms with Gasteiger partial charge in [-0.2, -0.15) is 4.31 Å². The Morgan fingerprint density at radius 3 is 2.46 bits per heavy atom. The van der Waals surface area contributed by atoms with Gasteiger partial charge in [-0.3, -0.25) is 0 Å². The first-order chi connectivity index (χ1) is 11.4. The Bertz CT molecular complexity index is 828. The van der Waals surface area contributed by atoms with Crippen LogP contribution in [0, 0.1) is 19.7 Å². The van der Waals surface area contributed by atoms with Gasteiger partial charge in [0.2, 0.25) is 10.0 Å². The molecule has 0 aliphatic carbocycles. The van der Waals surface area contributed by atoms with Crippen molar-refractivity contribution in [2.75, 3.05) is 13.1 Å². The smallest absolute Gasteiger partial charge is 0.243 e. The van der Waals surface area contributed by atoms with Crippen molar-refractivity contribution in [3.05, 3.63) is 65.0 Å². The second-order valence-electron chi connectivity index (χ2n) is 6.15. The van der Waals surface area contributed by atoms with Gasteiger partial charge in [0, 0.05) is 13.1 Å². The molecule has 0 amide bonds. The van der Waals surface area contributed by atoms with Gasteiger partial charge >= 0.3 is 0 Å². The van der Waals surface area contributed by atoms with Crippen molar-refractivity contribution in [3.63, 3.8) is 0 Å². The zero-order valence-electron chi connectivity index (χ0n) is 13.7. The quantitative estimate of drug-likeness (QED) is 0.834. The molecule has 1 heterocycles. The first-order valence-electron chi connectivity index (χ1n) is 7.80. The third kappa shape index (κ3) is 3.50. The second kappa shape index (κ2) is 6.63. The largest absolute Gasteiger partial charge is 0.371 e. The minimum atomic E-state index is -3.47. The summed E-state index contributed by atoms with van der Waals surface area (Å²) in [5.41, 5.74) is 2.53. The molecule has 128 valence electrons. The van der Waals surface area contributed by atoms with E-state index >= 15 is 0 Å². The van der Waals surface area contributed by atoms with Crippen molar-refractivity contribution in [1.82, 2.24) is 4.31 Å². The maximum atomic E-state index is 12.9. The van der Waals surface area contributed by atoms with E-state index in [1.807, 2.05) is 19.1 Å². The highest BCUT2D eigenvalue weighted by atomic mass is 32.2. The van der Waals surface area contributed by atoms with Gasteiger partial charge in [0.1, 0.15) is 5.82 Å². The third-order valence-corrected chi connectivity index (χ3v) is 6.15. The number of halogens is 1. The van der Waals surface area contributed by atoms with Crippen molar-refractivity contribution < 1.29 is 17.5 Å². The average molecular weight is 349 g/mol. The molecule has 3 rings (SSSR count). The number of hydrogen-bond donors (Lipinski definition) is 0. The van der Waals surface area contributed by atoms with Crippen LogP contribution in [0.2, 0.25) is 0 Å². The summed E-state index contributed by atoms with van der Waals surface area (Å²) in [6, 6.07) is 11.5. The maximum Gasteiger partial charge on any atom is 0.243 e. The average Bonchev–Trinajstić information content (AvgIpc) is 2.49. The highest BCUT2D eigenvalue weighted by molar-refractivity contribution is 7.89. The van der Waals surface area contributed by atoms with Crippen molar-refractivity contribution in [1.29, 1.82) is 0 Å². The SMILES string of the molecule is Cc1ccc(C)c(S(=O)(=O)N2CC(OCc3ccc(F)cc3)C2)c1. The van der Waals surface area contributed by atoms with E-state index in [0.717, 1.165) is 16.7 Å². The molecular formula is C18H20FNO3S. The molecule has 0 bridgehead atoms. The molecule has 0 aromatic heterocycles. The molecule has 24 heavy (non-hydrogen) atoms. The predicted octanol–water partition coefficient (Wildman–Crippen LogP) is 3.03. The molecule has 1 aliphatic heterocycles. The van der Waals surface area contributed by atoms with E-state index in [4.69, 9.17) is 4.74 Å². The molecule has 1 fully saturated rings. The molecule has 0 saturated carbocycles. The molecule has 1 saturated heterocycles. The number of nitrogens with zero attached hydrogens (tertiary/aromatic N) is 1. The van der Waals surface area contributed by atoms with Crippen LogP contribution in [0.3, 0.4) is 0 Å². The van der Waals surface area contributed by atoms with E-state index in [0.29, 0.717) is 24.6 Å². The van der Waals surface area contributed by atoms with Crippen LogP contribution in [-0.2, 0) is 21.4 Å². The molecule has 2 aromatic rings. The van der Waals surface area contributed by atoms with Gasteiger partial charge in [-0.25, -0.2) is 12.8 Å². The zero-order valence-corrected chi connectivity index (χ0v) is 14.5. The molecule has 0 spiro atoms. The zero-order chi connectivity index (χ0) is 17.3. The molecular weight excluding hydrogens is 329 g/mol. The lowest BCUT2D eigenvalue weighted by Gasteiger charge is -2.38. The van der Waals surface area contributed by atoms with Crippen LogP contribution >= 0.6 is 0 Å². The summed E-state index contributed by atoms with van der Waals surface area (Å²) in [7, 11) is -3.47. The summed E-state index contributed by atoms with van der Waals surface area (Å²) in [4.78, 5) is 0.361. The molecule has 0 unspecified atom stereocenters. The predicted molar refractivity (Wildman–Crippen MR) is 89.7 cm³/mol. The molecule has 1 aliphatic rings. The van der Waals surface area contributed by atoms with Crippen LogP contribution in [0.25, 0.3) is 0 Å². The maximum absolute atomic E-state index is 12.9. The monoisotopic (exact) mass is 349 g/mol. The Labute approximate surface area is 141 Å². The summed E-state index contributed by atoms with van der Waals surface area (Å²) >= 11 is 0. The molecule has 4 nitrogen and oxygen atoms in total. The normalized spacial score (nSPS) is 16.1. The molecule has 0 N–H and O–H groups in total. The van der Waals surface area contributed by atoms with Crippen LogP contribution in [0.4, 0.5) is 4.39 Å². The third-order valence-electron chi connectivity index (χ3n) is 4.17. The van der Waals surface area contributed by atoms with Crippen LogP contribution in [0.15, 0.2) is 47.4 Å². The lowest BCUT2D eigenvalue weighted by molar-refractivity contribution is -0.0296. The van der Waals surface area contributed by atoms with Crippen LogP contribution in [0.1, 0.15) is 16.7 Å². The van der Waals surface area contributed by atoms with Gasteiger partial charge in [0.25, 0.3) is 0 Å². The fourth-order valence-corrected chi connectivity index (χ4v) is 4.43. The number of ether oxygens (including phenoxy) is 1. The Morgan fingerprint density at radius 1 is 1.12 bits per heavy atom. The Morgan fingerprint density at radius 2 is 1.79 bits per heavy atom. The molecule has 2 aromatic carbocycles. The first-order valence-corrected chi connectivity index (χ1v) is 9.24. The van der Waals surface area contributed by atoms with Gasteiger partial charge in [-0.1, -0.05) is 24.3 Å². The summed E-state index contributed by atoms with van der Waals surface area (Å²) in [6.45, 7) is 4.72. The summed E-state index contributed by atoms with van der Waals surface area (Å²) in [5.74, 6) is -0.284. The summed E-state index contributed by atoms with van der Waals surface area (Å²) in [5, 5.41) is 0. The number of hydrogen-bond acceptors (Lipinski definition) is 3. The molecule has 0 radical (unpaired) electrons.